The van der Waals surface area contributed by atoms with Crippen molar-refractivity contribution in [3.05, 3.63) is 82.1 Å². The zero-order valence-corrected chi connectivity index (χ0v) is 17.1. The monoisotopic (exact) mass is 437 g/mol. The van der Waals surface area contributed by atoms with Crippen molar-refractivity contribution in [2.75, 3.05) is 0 Å². The van der Waals surface area contributed by atoms with Crippen LogP contribution >= 0.6 is 15.9 Å². The summed E-state index contributed by atoms with van der Waals surface area (Å²) in [6, 6.07) is 5.55. The molecule has 5 nitrogen and oxygen atoms in total. The molecule has 28 heavy (non-hydrogen) atoms. The molecule has 1 aliphatic heterocycles. The van der Waals surface area contributed by atoms with Gasteiger partial charge in [0.25, 0.3) is 0 Å². The number of aryl methyl sites for hydroxylation is 1. The van der Waals surface area contributed by atoms with Crippen molar-refractivity contribution in [2.24, 2.45) is 5.92 Å². The van der Waals surface area contributed by atoms with E-state index in [1.165, 1.54) is 0 Å². The maximum Gasteiger partial charge on any atom is 0.173 e. The second-order valence-electron chi connectivity index (χ2n) is 6.75. The van der Waals surface area contributed by atoms with E-state index in [0.29, 0.717) is 23.5 Å². The number of rotatable bonds is 4. The van der Waals surface area contributed by atoms with Gasteiger partial charge in [0.15, 0.2) is 11.6 Å². The maximum absolute atomic E-state index is 13.1. The number of fused-ring (bicyclic) bond motifs is 1. The summed E-state index contributed by atoms with van der Waals surface area (Å²) in [4.78, 5) is 13.1. The molecule has 0 N–H and O–H groups in total. The Hall–Kier alpha value is -2.73. The summed E-state index contributed by atoms with van der Waals surface area (Å²) in [7, 11) is 0. The Morgan fingerprint density at radius 1 is 1.25 bits per heavy atom. The normalized spacial score (nSPS) is 20.1. The van der Waals surface area contributed by atoms with Gasteiger partial charge in [-0.2, -0.15) is 0 Å². The van der Waals surface area contributed by atoms with Crippen LogP contribution in [0, 0.1) is 12.8 Å². The molecule has 2 aromatic rings. The lowest BCUT2D eigenvalue weighted by Crippen LogP contribution is -2.14. The number of nitrogens with zero attached hydrogens (tertiary/aromatic N) is 3. The van der Waals surface area contributed by atoms with Gasteiger partial charge in [-0.25, -0.2) is 0 Å². The van der Waals surface area contributed by atoms with Crippen molar-refractivity contribution in [3.63, 3.8) is 0 Å². The summed E-state index contributed by atoms with van der Waals surface area (Å²) in [5.74, 6) is 2.85. The molecule has 0 radical (unpaired) electrons. The largest absolute Gasteiger partial charge is 0.457 e. The van der Waals surface area contributed by atoms with Gasteiger partial charge >= 0.3 is 0 Å². The van der Waals surface area contributed by atoms with Gasteiger partial charge in [0.1, 0.15) is 17.3 Å². The third-order valence-electron chi connectivity index (χ3n) is 4.81. The number of hydrogen-bond donors (Lipinski definition) is 0. The number of ketones is 1. The molecule has 1 aromatic carbocycles. The highest BCUT2D eigenvalue weighted by Crippen LogP contribution is 2.30. The molecule has 1 aromatic heterocycles. The summed E-state index contributed by atoms with van der Waals surface area (Å²) < 4.78 is 9.07. The molecular formula is C22H20BrN3O2. The first-order chi connectivity index (χ1) is 13.6. The fourth-order valence-corrected chi connectivity index (χ4v) is 3.68. The van der Waals surface area contributed by atoms with E-state index in [2.05, 4.69) is 30.7 Å². The Labute approximate surface area is 172 Å². The quantitative estimate of drug-likeness (QED) is 0.628. The predicted octanol–water partition coefficient (Wildman–Crippen LogP) is 5.04. The second-order valence-corrected chi connectivity index (χ2v) is 7.66. The van der Waals surface area contributed by atoms with Gasteiger partial charge in [0, 0.05) is 16.9 Å². The third-order valence-corrected chi connectivity index (χ3v) is 5.30. The van der Waals surface area contributed by atoms with Crippen molar-refractivity contribution in [1.82, 2.24) is 14.8 Å². The smallest absolute Gasteiger partial charge is 0.173 e. The average molecular weight is 438 g/mol. The van der Waals surface area contributed by atoms with Gasteiger partial charge in [-0.05, 0) is 56.2 Å². The molecule has 0 bridgehead atoms. The first-order valence-electron chi connectivity index (χ1n) is 9.25. The minimum absolute atomic E-state index is 0.0580. The molecule has 0 saturated carbocycles. The molecule has 142 valence electrons. The lowest BCUT2D eigenvalue weighted by Gasteiger charge is -2.17. The summed E-state index contributed by atoms with van der Waals surface area (Å²) in [6.45, 7) is 2.73. The van der Waals surface area contributed by atoms with E-state index in [1.54, 1.807) is 0 Å². The van der Waals surface area contributed by atoms with Gasteiger partial charge in [0.2, 0.25) is 0 Å². The Bertz CT molecular complexity index is 1030. The Morgan fingerprint density at radius 3 is 2.96 bits per heavy atom. The molecule has 0 amide bonds. The molecule has 0 spiro atoms. The van der Waals surface area contributed by atoms with Crippen molar-refractivity contribution in [1.29, 1.82) is 0 Å². The van der Waals surface area contributed by atoms with Crippen molar-refractivity contribution >= 4 is 27.8 Å². The lowest BCUT2D eigenvalue weighted by atomic mass is 9.91. The SMILES string of the molecule is Cc1nnc2n1CC/C=C(/Oc1ccc(Br)cc1C(=O)C1C=CC=CC1)C=C2. The van der Waals surface area contributed by atoms with Crippen LogP contribution in [0.4, 0.5) is 0 Å². The molecule has 0 saturated heterocycles. The summed E-state index contributed by atoms with van der Waals surface area (Å²) in [5.41, 5.74) is 0.578. The number of aromatic nitrogens is 3. The highest BCUT2D eigenvalue weighted by Gasteiger charge is 2.22. The fraction of sp³-hybridized carbons (Fsp3) is 0.227. The molecule has 0 fully saturated rings. The minimum Gasteiger partial charge on any atom is -0.457 e. The zero-order valence-electron chi connectivity index (χ0n) is 15.5. The van der Waals surface area contributed by atoms with Crippen LogP contribution in [0.1, 0.15) is 34.8 Å². The number of carbonyl (C=O) groups excluding carboxylic acids is 1. The number of ether oxygens (including phenoxy) is 1. The first-order valence-corrected chi connectivity index (χ1v) is 10.0. The average Bonchev–Trinajstić information content (AvgIpc) is 3.04. The topological polar surface area (TPSA) is 57.0 Å². The molecular weight excluding hydrogens is 418 g/mol. The van der Waals surface area contributed by atoms with Gasteiger partial charge in [-0.3, -0.25) is 4.79 Å². The van der Waals surface area contributed by atoms with E-state index in [0.717, 1.165) is 29.1 Å². The van der Waals surface area contributed by atoms with Crippen molar-refractivity contribution < 1.29 is 9.53 Å². The minimum atomic E-state index is -0.162. The van der Waals surface area contributed by atoms with Crippen LogP contribution in [0.2, 0.25) is 0 Å². The van der Waals surface area contributed by atoms with Gasteiger partial charge in [-0.1, -0.05) is 40.2 Å². The second kappa shape index (κ2) is 8.10. The molecule has 1 aliphatic carbocycles. The highest BCUT2D eigenvalue weighted by atomic mass is 79.9. The van der Waals surface area contributed by atoms with Crippen molar-refractivity contribution in [2.45, 2.75) is 26.3 Å². The van der Waals surface area contributed by atoms with Crippen LogP contribution in [0.3, 0.4) is 0 Å². The molecule has 4 rings (SSSR count). The molecule has 1 atom stereocenters. The van der Waals surface area contributed by atoms with Crippen LogP contribution < -0.4 is 4.74 Å². The number of Topliss-reactive ketones (excluding diaryl/α,β-unsaturated/α-hetero) is 1. The standard InChI is InChI=1S/C22H20BrN3O2/c1-15-24-25-21-12-10-18(8-5-13-26(15)21)28-20-11-9-17(23)14-19(20)22(27)16-6-3-2-4-7-16/h2-4,6,8-12,14,16H,5,7,13H2,1H3/b12-10?,18-8+. The van der Waals surface area contributed by atoms with Crippen LogP contribution in [-0.4, -0.2) is 20.5 Å². The number of hydrogen-bond acceptors (Lipinski definition) is 4. The van der Waals surface area contributed by atoms with E-state index in [1.807, 2.05) is 67.7 Å². The summed E-state index contributed by atoms with van der Waals surface area (Å²) in [6.07, 6.45) is 15.1. The fourth-order valence-electron chi connectivity index (χ4n) is 3.32. The van der Waals surface area contributed by atoms with E-state index >= 15 is 0 Å². The summed E-state index contributed by atoms with van der Waals surface area (Å²) >= 11 is 3.47. The number of halogens is 1. The first kappa shape index (κ1) is 18.6. The number of carbonyl (C=O) groups is 1. The Balaban J connectivity index is 1.60. The number of benzene rings is 1. The highest BCUT2D eigenvalue weighted by molar-refractivity contribution is 9.10. The maximum atomic E-state index is 13.1. The van der Waals surface area contributed by atoms with Gasteiger partial charge in [-0.15, -0.1) is 10.2 Å². The van der Waals surface area contributed by atoms with Crippen LogP contribution in [-0.2, 0) is 6.54 Å². The predicted molar refractivity (Wildman–Crippen MR) is 112 cm³/mol. The van der Waals surface area contributed by atoms with E-state index in [-0.39, 0.29) is 11.7 Å². The van der Waals surface area contributed by atoms with Crippen LogP contribution in [0.5, 0.6) is 5.75 Å². The molecule has 6 heteroatoms. The van der Waals surface area contributed by atoms with Gasteiger partial charge < -0.3 is 9.30 Å². The number of allylic oxidation sites excluding steroid dienone is 6. The molecule has 2 heterocycles. The van der Waals surface area contributed by atoms with E-state index in [4.69, 9.17) is 4.74 Å². The van der Waals surface area contributed by atoms with Crippen LogP contribution in [0.25, 0.3) is 6.08 Å². The van der Waals surface area contributed by atoms with Crippen molar-refractivity contribution in [3.8, 4) is 5.75 Å². The Kier molecular flexibility index (Phi) is 5.39. The van der Waals surface area contributed by atoms with Gasteiger partial charge in [0.05, 0.1) is 5.56 Å². The summed E-state index contributed by atoms with van der Waals surface area (Å²) in [5, 5.41) is 8.31. The molecule has 2 aliphatic rings. The zero-order chi connectivity index (χ0) is 19.5. The van der Waals surface area contributed by atoms with E-state index in [9.17, 15) is 4.79 Å². The molecule has 1 unspecified atom stereocenters. The lowest BCUT2D eigenvalue weighted by molar-refractivity contribution is 0.0943. The Morgan fingerprint density at radius 2 is 2.14 bits per heavy atom. The van der Waals surface area contributed by atoms with Crippen LogP contribution in [0.15, 0.2) is 64.9 Å². The third kappa shape index (κ3) is 3.92. The van der Waals surface area contributed by atoms with E-state index < -0.39 is 0 Å².